The highest BCUT2D eigenvalue weighted by molar-refractivity contribution is 7.00. The number of rotatable bonds is 2. The van der Waals surface area contributed by atoms with Crippen molar-refractivity contribution in [1.29, 1.82) is 0 Å². The normalized spacial score (nSPS) is 7.85. The number of aryl methyl sites for hydroxylation is 1. The quantitative estimate of drug-likeness (QED) is 0.586. The van der Waals surface area contributed by atoms with Crippen LogP contribution in [0, 0.1) is 19.3 Å². The lowest BCUT2D eigenvalue weighted by Gasteiger charge is -1.81. The minimum Gasteiger partial charge on any atom is -0.496 e. The van der Waals surface area contributed by atoms with E-state index in [0.29, 0.717) is 6.42 Å². The third kappa shape index (κ3) is 6.97. The maximum atomic E-state index is 7.92. The summed E-state index contributed by atoms with van der Waals surface area (Å²) < 4.78 is 6.14. The molecule has 68 valence electrons. The van der Waals surface area contributed by atoms with Crippen LogP contribution in [0.4, 0.5) is 0 Å². The Morgan fingerprint density at radius 1 is 1.69 bits per heavy atom. The number of hydrogen-bond donors (Lipinski definition) is 1. The van der Waals surface area contributed by atoms with Gasteiger partial charge < -0.3 is 18.6 Å². The van der Waals surface area contributed by atoms with Crippen molar-refractivity contribution in [2.45, 2.75) is 13.3 Å². The third-order valence-electron chi connectivity index (χ3n) is 1.18. The van der Waals surface area contributed by atoms with Gasteiger partial charge in [-0.3, -0.25) is 0 Å². The Labute approximate surface area is 91.8 Å². The van der Waals surface area contributed by atoms with Crippen molar-refractivity contribution >= 4 is 32.2 Å². The van der Waals surface area contributed by atoms with Crippen molar-refractivity contribution in [3.8, 4) is 12.3 Å². The van der Waals surface area contributed by atoms with E-state index in [0.717, 1.165) is 9.65 Å². The molecular weight excluding hydrogens is 200 g/mol. The summed E-state index contributed by atoms with van der Waals surface area (Å²) in [6.07, 6.45) is 5.20. The molecule has 0 spiro atoms. The molecule has 2 nitrogen and oxygen atoms in total. The van der Waals surface area contributed by atoms with Crippen molar-refractivity contribution in [1.82, 2.24) is 0 Å². The Morgan fingerprint density at radius 2 is 2.38 bits per heavy atom. The Hall–Kier alpha value is -0.144. The number of halogens is 1. The molecule has 0 aliphatic heterocycles. The first-order chi connectivity index (χ1) is 6.24. The summed E-state index contributed by atoms with van der Waals surface area (Å²) in [6, 6.07) is 3.87. The predicted molar refractivity (Wildman–Crippen MR) is 55.2 cm³/mol. The van der Waals surface area contributed by atoms with Crippen molar-refractivity contribution in [2.75, 3.05) is 6.61 Å². The zero-order chi connectivity index (χ0) is 10.1. The van der Waals surface area contributed by atoms with Gasteiger partial charge in [0, 0.05) is 6.42 Å². The highest BCUT2D eigenvalue weighted by Gasteiger charge is 1.98. The molecule has 1 aromatic heterocycles. The Balaban J connectivity index is 0.000000252. The lowest BCUT2D eigenvalue weighted by Crippen LogP contribution is -2.02. The molecule has 0 unspecified atom stereocenters. The van der Waals surface area contributed by atoms with E-state index in [4.69, 9.17) is 25.0 Å². The predicted octanol–water partition coefficient (Wildman–Crippen LogP) is 1.07. The molecule has 0 fully saturated rings. The zero-order valence-corrected chi connectivity index (χ0v) is 9.76. The lowest BCUT2D eigenvalue weighted by atomic mass is 10.5. The molecule has 1 N–H and O–H groups in total. The summed E-state index contributed by atoms with van der Waals surface area (Å²) in [7, 11) is 5.59. The van der Waals surface area contributed by atoms with Crippen LogP contribution >= 0.6 is 9.07 Å². The van der Waals surface area contributed by atoms with Gasteiger partial charge in [-0.15, -0.1) is 12.3 Å². The van der Waals surface area contributed by atoms with Crippen LogP contribution in [0.2, 0.25) is 0 Å². The van der Waals surface area contributed by atoms with Crippen molar-refractivity contribution in [3.05, 3.63) is 17.9 Å². The van der Waals surface area contributed by atoms with Crippen LogP contribution < -0.4 is 3.89 Å². The molecule has 0 aliphatic carbocycles. The van der Waals surface area contributed by atoms with Gasteiger partial charge in [-0.2, -0.15) is 0 Å². The third-order valence-corrected chi connectivity index (χ3v) is 2.62. The van der Waals surface area contributed by atoms with Gasteiger partial charge in [0.25, 0.3) is 0 Å². The van der Waals surface area contributed by atoms with E-state index in [9.17, 15) is 0 Å². The van der Waals surface area contributed by atoms with Crippen LogP contribution in [0.25, 0.3) is 0 Å². The topological polar surface area (TPSA) is 33.4 Å². The first-order valence-corrected chi connectivity index (χ1v) is 6.74. The summed E-state index contributed by atoms with van der Waals surface area (Å²) in [6.45, 7) is 2.03. The fraction of sp³-hybridized carbons (Fsp3) is 0.333. The van der Waals surface area contributed by atoms with E-state index < -0.39 is 19.3 Å². The molecule has 4 heteroatoms. The minimum atomic E-state index is -0.582. The van der Waals surface area contributed by atoms with Gasteiger partial charge in [0.1, 0.15) is 0 Å². The van der Waals surface area contributed by atoms with Crippen molar-refractivity contribution in [3.63, 3.8) is 0 Å². The van der Waals surface area contributed by atoms with Gasteiger partial charge in [-0.25, -0.2) is 0 Å². The molecule has 0 atom stereocenters. The van der Waals surface area contributed by atoms with Gasteiger partial charge in [0.15, 0.2) is 0 Å². The fourth-order valence-electron chi connectivity index (χ4n) is 0.621. The second-order valence-electron chi connectivity index (χ2n) is 2.32. The van der Waals surface area contributed by atoms with Crippen LogP contribution in [0.3, 0.4) is 0 Å². The molecule has 13 heavy (non-hydrogen) atoms. The zero-order valence-electron chi connectivity index (χ0n) is 7.59. The number of aliphatic hydroxyl groups excluding tert-OH is 1. The standard InChI is InChI=1S/C5H5O.C4H6O.ClH.Mg/c1-5-3-2-4-6-5;1-2-3-4-5;;/h2-3H,1H3;1,5H,3-4H2;1H;/q;;;+1/p-1. The van der Waals surface area contributed by atoms with Crippen LogP contribution in [0.5, 0.6) is 0 Å². The van der Waals surface area contributed by atoms with Crippen molar-refractivity contribution < 1.29 is 9.52 Å². The summed E-state index contributed by atoms with van der Waals surface area (Å²) in [5.74, 6) is 3.22. The molecule has 0 saturated heterocycles. The van der Waals surface area contributed by atoms with Gasteiger partial charge in [0.2, 0.25) is 0 Å². The largest absolute Gasteiger partial charge is 0.592 e. The minimum absolute atomic E-state index is 0.108. The second kappa shape index (κ2) is 8.45. The van der Waals surface area contributed by atoms with Crippen LogP contribution in [0.15, 0.2) is 16.5 Å². The molecule has 0 amide bonds. The summed E-state index contributed by atoms with van der Waals surface area (Å²) in [5.41, 5.74) is 0. The van der Waals surface area contributed by atoms with E-state index in [2.05, 4.69) is 5.92 Å². The molecule has 1 rings (SSSR count). The van der Waals surface area contributed by atoms with E-state index >= 15 is 0 Å². The summed E-state index contributed by atoms with van der Waals surface area (Å²) in [4.78, 5) is 0. The smallest absolute Gasteiger partial charge is 0.496 e. The summed E-state index contributed by atoms with van der Waals surface area (Å²) in [5, 5.41) is 7.92. The number of terminal acetylenes is 1. The molecule has 0 aliphatic rings. The Bertz CT molecular complexity index is 265. The SMILES string of the molecule is C#CCCO.Cc1cc[c]([Mg][Cl])o1. The number of furan rings is 1. The molecular formula is C9H11ClMgO2. The number of aliphatic hydroxyl groups is 1. The van der Waals surface area contributed by atoms with Crippen LogP contribution in [-0.4, -0.2) is 31.0 Å². The molecule has 1 heterocycles. The maximum absolute atomic E-state index is 7.92. The molecule has 0 saturated carbocycles. The van der Waals surface area contributed by atoms with Crippen LogP contribution in [0.1, 0.15) is 12.2 Å². The first-order valence-electron chi connectivity index (χ1n) is 3.90. The monoisotopic (exact) mass is 210 g/mol. The fourth-order valence-corrected chi connectivity index (χ4v) is 1.54. The van der Waals surface area contributed by atoms with Crippen LogP contribution in [-0.2, 0) is 0 Å². The van der Waals surface area contributed by atoms with Gasteiger partial charge in [-0.1, -0.05) is 6.07 Å². The van der Waals surface area contributed by atoms with E-state index in [1.807, 2.05) is 19.1 Å². The van der Waals surface area contributed by atoms with E-state index in [1.165, 1.54) is 0 Å². The average molecular weight is 211 g/mol. The molecule has 1 aromatic rings. The Kier molecular flexibility index (Phi) is 8.36. The van der Waals surface area contributed by atoms with E-state index in [1.54, 1.807) is 0 Å². The maximum Gasteiger partial charge on any atom is 0.592 e. The van der Waals surface area contributed by atoms with Gasteiger partial charge in [0.05, 0.1) is 12.4 Å². The molecule has 0 aromatic carbocycles. The van der Waals surface area contributed by atoms with E-state index in [-0.39, 0.29) is 6.61 Å². The highest BCUT2D eigenvalue weighted by atomic mass is 35.5. The molecule has 0 bridgehead atoms. The lowest BCUT2D eigenvalue weighted by molar-refractivity contribution is 0.305. The Morgan fingerprint density at radius 3 is 2.54 bits per heavy atom. The highest BCUT2D eigenvalue weighted by Crippen LogP contribution is 1.93. The molecule has 0 radical (unpaired) electrons. The second-order valence-corrected chi connectivity index (χ2v) is 4.09. The average Bonchev–Trinajstić information content (AvgIpc) is 2.54. The number of hydrogen-bond acceptors (Lipinski definition) is 2. The van der Waals surface area contributed by atoms with Gasteiger partial charge in [-0.05, 0) is 16.9 Å². The first kappa shape index (κ1) is 12.9. The summed E-state index contributed by atoms with van der Waals surface area (Å²) >= 11 is -0.582. The van der Waals surface area contributed by atoms with Gasteiger partial charge >= 0.3 is 19.3 Å². The van der Waals surface area contributed by atoms with Crippen molar-refractivity contribution in [2.24, 2.45) is 0 Å².